The molecule has 4 rings (SSSR count). The van der Waals surface area contributed by atoms with Crippen LogP contribution < -0.4 is 21.6 Å². The second-order valence-corrected chi connectivity index (χ2v) is 10.3. The molecule has 4 N–H and O–H groups in total. The van der Waals surface area contributed by atoms with Crippen molar-refractivity contribution in [2.24, 2.45) is 18.7 Å². The van der Waals surface area contributed by atoms with E-state index in [0.29, 0.717) is 23.1 Å². The van der Waals surface area contributed by atoms with Gasteiger partial charge in [-0.15, -0.1) is 0 Å². The zero-order valence-electron chi connectivity index (χ0n) is 21.1. The van der Waals surface area contributed by atoms with Gasteiger partial charge in [-0.2, -0.15) is 5.26 Å². The summed E-state index contributed by atoms with van der Waals surface area (Å²) < 4.78 is 46.5. The lowest BCUT2D eigenvalue weighted by Crippen LogP contribution is -2.60. The van der Waals surface area contributed by atoms with Gasteiger partial charge in [-0.05, 0) is 44.5 Å². The first-order chi connectivity index (χ1) is 17.2. The second kappa shape index (κ2) is 9.39. The van der Waals surface area contributed by atoms with Gasteiger partial charge in [0.25, 0.3) is 5.92 Å². The predicted octanol–water partition coefficient (Wildman–Crippen LogP) is 3.07. The molecule has 0 radical (unpaired) electrons. The third-order valence-corrected chi connectivity index (χ3v) is 6.79. The lowest BCUT2D eigenvalue weighted by atomic mass is 9.91. The maximum atomic E-state index is 14.9. The normalized spacial score (nSPS) is 19.7. The summed E-state index contributed by atoms with van der Waals surface area (Å²) >= 11 is 0. The molecule has 3 aromatic rings. The summed E-state index contributed by atoms with van der Waals surface area (Å²) in [6, 6.07) is 6.45. The maximum absolute atomic E-state index is 14.9. The molecule has 1 aliphatic rings. The molecule has 1 aliphatic heterocycles. The SMILES string of the molecule is C[C@@H]1CN(c2nc(Nc3ccc4c(c3)n(CCC(C)(C)O)c(=O)n4C)c(F)cc2C#N)C[C@H](N)C1(F)F. The largest absolute Gasteiger partial charge is 0.390 e. The minimum atomic E-state index is -3.07. The highest BCUT2D eigenvalue weighted by molar-refractivity contribution is 5.81. The van der Waals surface area contributed by atoms with Crippen molar-refractivity contribution in [1.82, 2.24) is 14.1 Å². The highest BCUT2D eigenvalue weighted by Gasteiger charge is 2.48. The summed E-state index contributed by atoms with van der Waals surface area (Å²) in [6.07, 6.45) is 0.342. The summed E-state index contributed by atoms with van der Waals surface area (Å²) in [6.45, 7) is 4.61. The van der Waals surface area contributed by atoms with Gasteiger partial charge in [-0.25, -0.2) is 22.9 Å². The van der Waals surface area contributed by atoms with E-state index in [0.717, 1.165) is 6.07 Å². The molecule has 37 heavy (non-hydrogen) atoms. The minimum Gasteiger partial charge on any atom is -0.390 e. The Morgan fingerprint density at radius 2 is 2.00 bits per heavy atom. The predicted molar refractivity (Wildman–Crippen MR) is 135 cm³/mol. The van der Waals surface area contributed by atoms with E-state index in [1.165, 1.54) is 21.0 Å². The number of pyridine rings is 1. The summed E-state index contributed by atoms with van der Waals surface area (Å²) in [7, 11) is 1.64. The smallest absolute Gasteiger partial charge is 0.328 e. The Labute approximate surface area is 211 Å². The molecule has 0 spiro atoms. The van der Waals surface area contributed by atoms with Crippen molar-refractivity contribution < 1.29 is 18.3 Å². The molecule has 0 saturated carbocycles. The Hall–Kier alpha value is -3.56. The Balaban J connectivity index is 1.70. The standard InChI is InChI=1S/C25H30F3N7O2/c1-14-12-34(13-20(30)25(14,27)28)22-15(11-29)9-17(26)21(32-22)31-16-5-6-18-19(10-16)35(23(36)33(18)4)8-7-24(2,3)37/h5-6,9-10,14,20,37H,7-8,12-13,30H2,1-4H3,(H,31,32)/t14-,20+/m1/s1. The van der Waals surface area contributed by atoms with Crippen molar-refractivity contribution in [3.05, 3.63) is 46.1 Å². The molecule has 1 fully saturated rings. The fourth-order valence-corrected chi connectivity index (χ4v) is 4.54. The number of anilines is 3. The maximum Gasteiger partial charge on any atom is 0.328 e. The number of nitrogens with one attached hydrogen (secondary N) is 1. The van der Waals surface area contributed by atoms with Crippen LogP contribution in [0.1, 0.15) is 32.8 Å². The van der Waals surface area contributed by atoms with Crippen LogP contribution in [0.15, 0.2) is 29.1 Å². The monoisotopic (exact) mass is 517 g/mol. The highest BCUT2D eigenvalue weighted by Crippen LogP contribution is 2.36. The summed E-state index contributed by atoms with van der Waals surface area (Å²) in [5.74, 6) is -5.10. The number of aromatic nitrogens is 3. The summed E-state index contributed by atoms with van der Waals surface area (Å²) in [5, 5.41) is 22.5. The van der Waals surface area contributed by atoms with Gasteiger partial charge in [-0.3, -0.25) is 9.13 Å². The number of hydrogen-bond acceptors (Lipinski definition) is 7. The quantitative estimate of drug-likeness (QED) is 0.459. The first-order valence-corrected chi connectivity index (χ1v) is 11.9. The van der Waals surface area contributed by atoms with E-state index < -0.39 is 29.3 Å². The zero-order valence-corrected chi connectivity index (χ0v) is 21.1. The van der Waals surface area contributed by atoms with Crippen molar-refractivity contribution in [3.8, 4) is 6.07 Å². The number of alkyl halides is 2. The average molecular weight is 518 g/mol. The number of piperidine rings is 1. The fourth-order valence-electron chi connectivity index (χ4n) is 4.54. The van der Waals surface area contributed by atoms with Gasteiger partial charge >= 0.3 is 5.69 Å². The van der Waals surface area contributed by atoms with Gasteiger partial charge in [0, 0.05) is 38.3 Å². The molecule has 0 bridgehead atoms. The van der Waals surface area contributed by atoms with Crippen LogP contribution in [-0.2, 0) is 13.6 Å². The number of aryl methyl sites for hydroxylation is 2. The molecule has 12 heteroatoms. The van der Waals surface area contributed by atoms with Crippen LogP contribution >= 0.6 is 0 Å². The van der Waals surface area contributed by atoms with Gasteiger partial charge in [0.1, 0.15) is 11.9 Å². The van der Waals surface area contributed by atoms with Crippen LogP contribution in [0, 0.1) is 23.1 Å². The Morgan fingerprint density at radius 3 is 2.62 bits per heavy atom. The molecule has 0 aliphatic carbocycles. The van der Waals surface area contributed by atoms with Crippen molar-refractivity contribution in [2.75, 3.05) is 23.3 Å². The van der Waals surface area contributed by atoms with E-state index in [2.05, 4.69) is 10.3 Å². The molecule has 9 nitrogen and oxygen atoms in total. The molecular weight excluding hydrogens is 487 g/mol. The third kappa shape index (κ3) is 5.01. The van der Waals surface area contributed by atoms with E-state index in [-0.39, 0.29) is 42.5 Å². The first-order valence-electron chi connectivity index (χ1n) is 11.9. The summed E-state index contributed by atoms with van der Waals surface area (Å²) in [5.41, 5.74) is 6.04. The molecule has 0 unspecified atom stereocenters. The number of benzene rings is 1. The zero-order chi connectivity index (χ0) is 27.3. The van der Waals surface area contributed by atoms with Gasteiger partial charge in [0.05, 0.1) is 28.2 Å². The van der Waals surface area contributed by atoms with Crippen molar-refractivity contribution in [3.63, 3.8) is 0 Å². The van der Waals surface area contributed by atoms with Gasteiger partial charge in [0.2, 0.25) is 0 Å². The number of halogens is 3. The van der Waals surface area contributed by atoms with E-state index >= 15 is 0 Å². The Bertz CT molecular complexity index is 1420. The minimum absolute atomic E-state index is 0.0621. The fraction of sp³-hybridized carbons (Fsp3) is 0.480. The molecule has 2 atom stereocenters. The second-order valence-electron chi connectivity index (χ2n) is 10.3. The number of nitrogens with zero attached hydrogens (tertiary/aromatic N) is 5. The number of nitrogens with two attached hydrogens (primary N) is 1. The van der Waals surface area contributed by atoms with Crippen LogP contribution in [0.25, 0.3) is 11.0 Å². The van der Waals surface area contributed by atoms with E-state index in [1.54, 1.807) is 39.1 Å². The van der Waals surface area contributed by atoms with E-state index in [1.807, 2.05) is 6.07 Å². The average Bonchev–Trinajstić information content (AvgIpc) is 3.05. The summed E-state index contributed by atoms with van der Waals surface area (Å²) in [4.78, 5) is 18.5. The van der Waals surface area contributed by atoms with E-state index in [4.69, 9.17) is 5.73 Å². The number of imidazole rings is 1. The van der Waals surface area contributed by atoms with Crippen molar-refractivity contribution in [1.29, 1.82) is 5.26 Å². The van der Waals surface area contributed by atoms with Crippen LogP contribution in [0.2, 0.25) is 0 Å². The number of rotatable bonds is 6. The van der Waals surface area contributed by atoms with Gasteiger partial charge in [-0.1, -0.05) is 6.92 Å². The Morgan fingerprint density at radius 1 is 1.30 bits per heavy atom. The first kappa shape index (κ1) is 26.5. The Kier molecular flexibility index (Phi) is 6.73. The van der Waals surface area contributed by atoms with Crippen LogP contribution in [0.4, 0.5) is 30.5 Å². The number of hydrogen-bond donors (Lipinski definition) is 3. The highest BCUT2D eigenvalue weighted by atomic mass is 19.3. The molecule has 198 valence electrons. The van der Waals surface area contributed by atoms with Crippen LogP contribution in [0.5, 0.6) is 0 Å². The molecule has 1 saturated heterocycles. The molecular formula is C25H30F3N7O2. The number of nitriles is 1. The van der Waals surface area contributed by atoms with Crippen LogP contribution in [-0.4, -0.2) is 49.9 Å². The lowest BCUT2D eigenvalue weighted by molar-refractivity contribution is -0.0807. The molecule has 2 aromatic heterocycles. The van der Waals surface area contributed by atoms with E-state index in [9.17, 15) is 28.3 Å². The van der Waals surface area contributed by atoms with Gasteiger partial charge in [0.15, 0.2) is 11.6 Å². The topological polar surface area (TPSA) is 125 Å². The lowest BCUT2D eigenvalue weighted by Gasteiger charge is -2.41. The third-order valence-electron chi connectivity index (χ3n) is 6.79. The molecule has 0 amide bonds. The molecule has 3 heterocycles. The number of aliphatic hydroxyl groups is 1. The van der Waals surface area contributed by atoms with Crippen molar-refractivity contribution >= 4 is 28.4 Å². The van der Waals surface area contributed by atoms with Crippen LogP contribution in [0.3, 0.4) is 0 Å². The molecule has 1 aromatic carbocycles. The van der Waals surface area contributed by atoms with Gasteiger partial charge < -0.3 is 21.1 Å². The number of fused-ring (bicyclic) bond motifs is 1. The van der Waals surface area contributed by atoms with Crippen molar-refractivity contribution in [2.45, 2.75) is 51.3 Å².